The van der Waals surface area contributed by atoms with E-state index < -0.39 is 0 Å². The van der Waals surface area contributed by atoms with E-state index in [1.54, 1.807) is 7.05 Å². The summed E-state index contributed by atoms with van der Waals surface area (Å²) in [5.74, 6) is 0.560. The quantitative estimate of drug-likeness (QED) is 0.896. The Labute approximate surface area is 121 Å². The number of piperidine rings is 1. The lowest BCUT2D eigenvalue weighted by atomic mass is 9.73. The minimum atomic E-state index is 0.162. The van der Waals surface area contributed by atoms with Gasteiger partial charge < -0.3 is 10.2 Å². The van der Waals surface area contributed by atoms with Gasteiger partial charge in [0.25, 0.3) is 0 Å². The molecule has 0 radical (unpaired) electrons. The molecule has 1 aliphatic carbocycles. The molecule has 2 aliphatic rings. The summed E-state index contributed by atoms with van der Waals surface area (Å²) in [6.45, 7) is 2.34. The van der Waals surface area contributed by atoms with Crippen LogP contribution in [0.25, 0.3) is 0 Å². The van der Waals surface area contributed by atoms with E-state index in [1.165, 1.54) is 37.1 Å². The molecule has 0 unspecified atom stereocenters. The Balaban J connectivity index is 1.90. The van der Waals surface area contributed by atoms with Crippen molar-refractivity contribution in [3.8, 4) is 0 Å². The van der Waals surface area contributed by atoms with Crippen LogP contribution in [-0.2, 0) is 10.2 Å². The first-order chi connectivity index (χ1) is 9.64. The first-order valence-electron chi connectivity index (χ1n) is 7.63. The van der Waals surface area contributed by atoms with Crippen LogP contribution in [0, 0.1) is 0 Å². The van der Waals surface area contributed by atoms with E-state index in [0.29, 0.717) is 17.8 Å². The van der Waals surface area contributed by atoms with Crippen LogP contribution >= 0.6 is 0 Å². The second-order valence-electron chi connectivity index (χ2n) is 6.45. The number of carbonyl (C=O) groups is 1. The molecular formula is C17H24N2O. The summed E-state index contributed by atoms with van der Waals surface area (Å²) in [4.78, 5) is 14.2. The SMILES string of the molecule is CNC(=O)C[C@H]1CC2(CCN(C)CC2)c2ccccc21. The predicted molar refractivity (Wildman–Crippen MR) is 80.9 cm³/mol. The Bertz CT molecular complexity index is 503. The summed E-state index contributed by atoms with van der Waals surface area (Å²) in [6, 6.07) is 8.80. The summed E-state index contributed by atoms with van der Waals surface area (Å²) in [7, 11) is 3.93. The zero-order valence-corrected chi connectivity index (χ0v) is 12.5. The Morgan fingerprint density at radius 3 is 2.75 bits per heavy atom. The van der Waals surface area contributed by atoms with Crippen LogP contribution in [-0.4, -0.2) is 38.0 Å². The van der Waals surface area contributed by atoms with Gasteiger partial charge in [0.05, 0.1) is 0 Å². The lowest BCUT2D eigenvalue weighted by Gasteiger charge is -2.39. The van der Waals surface area contributed by atoms with Gasteiger partial charge in [0.1, 0.15) is 0 Å². The lowest BCUT2D eigenvalue weighted by Crippen LogP contribution is -2.39. The molecule has 1 spiro atoms. The summed E-state index contributed by atoms with van der Waals surface area (Å²) >= 11 is 0. The molecular weight excluding hydrogens is 248 g/mol. The van der Waals surface area contributed by atoms with Crippen molar-refractivity contribution in [2.24, 2.45) is 0 Å². The van der Waals surface area contributed by atoms with E-state index in [4.69, 9.17) is 0 Å². The molecule has 1 fully saturated rings. The highest BCUT2D eigenvalue weighted by Crippen LogP contribution is 2.52. The smallest absolute Gasteiger partial charge is 0.220 e. The number of rotatable bonds is 2. The average Bonchev–Trinajstić information content (AvgIpc) is 2.77. The van der Waals surface area contributed by atoms with Crippen molar-refractivity contribution >= 4 is 5.91 Å². The highest BCUT2D eigenvalue weighted by Gasteiger charge is 2.44. The average molecular weight is 272 g/mol. The first-order valence-corrected chi connectivity index (χ1v) is 7.63. The van der Waals surface area contributed by atoms with Crippen molar-refractivity contribution in [2.75, 3.05) is 27.2 Å². The van der Waals surface area contributed by atoms with Gasteiger partial charge in [0.15, 0.2) is 0 Å². The molecule has 1 aromatic rings. The first kappa shape index (κ1) is 13.6. The molecule has 0 saturated carbocycles. The van der Waals surface area contributed by atoms with Gasteiger partial charge in [-0.1, -0.05) is 24.3 Å². The maximum Gasteiger partial charge on any atom is 0.220 e. The number of amides is 1. The lowest BCUT2D eigenvalue weighted by molar-refractivity contribution is -0.121. The molecule has 1 aliphatic heterocycles. The number of nitrogens with one attached hydrogen (secondary N) is 1. The van der Waals surface area contributed by atoms with Crippen molar-refractivity contribution < 1.29 is 4.79 Å². The molecule has 1 amide bonds. The Morgan fingerprint density at radius 2 is 2.05 bits per heavy atom. The third kappa shape index (κ3) is 2.24. The third-order valence-corrected chi connectivity index (χ3v) is 5.26. The van der Waals surface area contributed by atoms with E-state index >= 15 is 0 Å². The van der Waals surface area contributed by atoms with Gasteiger partial charge in [-0.05, 0) is 61.9 Å². The fraction of sp³-hybridized carbons (Fsp3) is 0.588. The number of hydrogen-bond acceptors (Lipinski definition) is 2. The zero-order chi connectivity index (χ0) is 14.2. The highest BCUT2D eigenvalue weighted by molar-refractivity contribution is 5.77. The molecule has 3 rings (SSSR count). The van der Waals surface area contributed by atoms with Gasteiger partial charge in [-0.15, -0.1) is 0 Å². The van der Waals surface area contributed by atoms with E-state index in [-0.39, 0.29) is 5.91 Å². The zero-order valence-electron chi connectivity index (χ0n) is 12.5. The van der Waals surface area contributed by atoms with E-state index in [9.17, 15) is 4.79 Å². The minimum Gasteiger partial charge on any atom is -0.359 e. The molecule has 1 heterocycles. The fourth-order valence-corrected chi connectivity index (χ4v) is 4.06. The molecule has 1 N–H and O–H groups in total. The number of likely N-dealkylation sites (tertiary alicyclic amines) is 1. The summed E-state index contributed by atoms with van der Waals surface area (Å²) in [6.07, 6.45) is 4.23. The number of nitrogens with zero attached hydrogens (tertiary/aromatic N) is 1. The van der Waals surface area contributed by atoms with Crippen LogP contribution in [0.15, 0.2) is 24.3 Å². The van der Waals surface area contributed by atoms with Gasteiger partial charge >= 0.3 is 0 Å². The Kier molecular flexibility index (Phi) is 3.55. The molecule has 3 heteroatoms. The van der Waals surface area contributed by atoms with Crippen LogP contribution in [0.1, 0.15) is 42.7 Å². The molecule has 20 heavy (non-hydrogen) atoms. The van der Waals surface area contributed by atoms with Gasteiger partial charge in [-0.25, -0.2) is 0 Å². The Morgan fingerprint density at radius 1 is 1.35 bits per heavy atom. The van der Waals surface area contributed by atoms with Crippen LogP contribution in [0.2, 0.25) is 0 Å². The largest absolute Gasteiger partial charge is 0.359 e. The van der Waals surface area contributed by atoms with Crippen molar-refractivity contribution in [1.82, 2.24) is 10.2 Å². The van der Waals surface area contributed by atoms with Crippen molar-refractivity contribution in [2.45, 2.75) is 37.0 Å². The van der Waals surface area contributed by atoms with Crippen molar-refractivity contribution in [3.05, 3.63) is 35.4 Å². The molecule has 3 nitrogen and oxygen atoms in total. The number of fused-ring (bicyclic) bond motifs is 2. The standard InChI is InChI=1S/C17H24N2O/c1-18-16(20)11-13-12-17(7-9-19(2)10-8-17)15-6-4-3-5-14(13)15/h3-6,13H,7-12H2,1-2H3,(H,18,20)/t13-/m0/s1. The van der Waals surface area contributed by atoms with Crippen LogP contribution in [0.3, 0.4) is 0 Å². The van der Waals surface area contributed by atoms with Crippen LogP contribution in [0.5, 0.6) is 0 Å². The maximum absolute atomic E-state index is 11.8. The second kappa shape index (κ2) is 5.21. The number of hydrogen-bond donors (Lipinski definition) is 1. The normalized spacial score (nSPS) is 24.6. The number of carbonyl (C=O) groups excluding carboxylic acids is 1. The molecule has 108 valence electrons. The van der Waals surface area contributed by atoms with Gasteiger partial charge in [-0.2, -0.15) is 0 Å². The molecule has 0 bridgehead atoms. The van der Waals surface area contributed by atoms with Crippen molar-refractivity contribution in [3.63, 3.8) is 0 Å². The van der Waals surface area contributed by atoms with Gasteiger partial charge in [0.2, 0.25) is 5.91 Å². The van der Waals surface area contributed by atoms with Gasteiger partial charge in [0, 0.05) is 13.5 Å². The predicted octanol–water partition coefficient (Wildman–Crippen LogP) is 2.27. The van der Waals surface area contributed by atoms with Crippen LogP contribution < -0.4 is 5.32 Å². The van der Waals surface area contributed by atoms with Crippen molar-refractivity contribution in [1.29, 1.82) is 0 Å². The van der Waals surface area contributed by atoms with E-state index in [0.717, 1.165) is 6.42 Å². The molecule has 1 saturated heterocycles. The van der Waals surface area contributed by atoms with E-state index in [2.05, 4.69) is 41.5 Å². The van der Waals surface area contributed by atoms with E-state index in [1.807, 2.05) is 0 Å². The monoisotopic (exact) mass is 272 g/mol. The maximum atomic E-state index is 11.8. The second-order valence-corrected chi connectivity index (χ2v) is 6.45. The summed E-state index contributed by atoms with van der Waals surface area (Å²) < 4.78 is 0. The topological polar surface area (TPSA) is 32.3 Å². The molecule has 1 atom stereocenters. The minimum absolute atomic E-state index is 0.162. The highest BCUT2D eigenvalue weighted by atomic mass is 16.1. The fourth-order valence-electron chi connectivity index (χ4n) is 4.06. The Hall–Kier alpha value is -1.35. The summed E-state index contributed by atoms with van der Waals surface area (Å²) in [5, 5.41) is 2.77. The molecule has 0 aromatic heterocycles. The van der Waals surface area contributed by atoms with Crippen LogP contribution in [0.4, 0.5) is 0 Å². The third-order valence-electron chi connectivity index (χ3n) is 5.26. The molecule has 1 aromatic carbocycles. The summed E-state index contributed by atoms with van der Waals surface area (Å²) in [5.41, 5.74) is 3.25. The number of benzene rings is 1. The van der Waals surface area contributed by atoms with Gasteiger partial charge in [-0.3, -0.25) is 4.79 Å².